The summed E-state index contributed by atoms with van der Waals surface area (Å²) in [4.78, 5) is 11.0. The number of benzene rings is 1. The van der Waals surface area contributed by atoms with Crippen molar-refractivity contribution in [2.75, 3.05) is 7.11 Å². The van der Waals surface area contributed by atoms with Crippen LogP contribution in [0.5, 0.6) is 11.5 Å². The Morgan fingerprint density at radius 2 is 1.71 bits per heavy atom. The first-order chi connectivity index (χ1) is 9.95. The van der Waals surface area contributed by atoms with E-state index in [1.807, 2.05) is 0 Å². The summed E-state index contributed by atoms with van der Waals surface area (Å²) in [7, 11) is 1.42. The van der Waals surface area contributed by atoms with Crippen LogP contribution in [0.1, 0.15) is 0 Å². The predicted molar refractivity (Wildman–Crippen MR) is 67.9 cm³/mol. The third kappa shape index (κ3) is 3.08. The molecule has 0 bridgehead atoms. The van der Waals surface area contributed by atoms with Crippen LogP contribution < -0.4 is 9.47 Å². The summed E-state index contributed by atoms with van der Waals surface area (Å²) < 4.78 is 15.4. The number of aliphatic hydroxyl groups is 3. The lowest BCUT2D eigenvalue weighted by Crippen LogP contribution is -2.61. The molecule has 1 aromatic carbocycles. The van der Waals surface area contributed by atoms with Gasteiger partial charge in [0.1, 0.15) is 18.3 Å². The Kier molecular flexibility index (Phi) is 4.63. The molecule has 0 amide bonds. The van der Waals surface area contributed by atoms with Gasteiger partial charge in [0.25, 0.3) is 0 Å². The van der Waals surface area contributed by atoms with Gasteiger partial charge in [0.05, 0.1) is 7.11 Å². The van der Waals surface area contributed by atoms with Gasteiger partial charge in [-0.3, -0.25) is 0 Å². The molecule has 1 saturated heterocycles. The molecule has 8 heteroatoms. The van der Waals surface area contributed by atoms with Gasteiger partial charge >= 0.3 is 5.97 Å². The molecular weight excluding hydrogens is 284 g/mol. The maximum Gasteiger partial charge on any atom is 0.335 e. The van der Waals surface area contributed by atoms with Crippen molar-refractivity contribution < 1.29 is 39.4 Å². The van der Waals surface area contributed by atoms with Crippen molar-refractivity contribution in [1.82, 2.24) is 0 Å². The van der Waals surface area contributed by atoms with Gasteiger partial charge < -0.3 is 34.6 Å². The first kappa shape index (κ1) is 15.5. The highest BCUT2D eigenvalue weighted by molar-refractivity contribution is 5.73. The summed E-state index contributed by atoms with van der Waals surface area (Å²) in [6, 6.07) is 6.47. The molecule has 116 valence electrons. The van der Waals surface area contributed by atoms with E-state index in [1.54, 1.807) is 18.2 Å². The van der Waals surface area contributed by atoms with E-state index >= 15 is 0 Å². The maximum atomic E-state index is 11.0. The number of carboxylic acid groups (broad SMARTS) is 1. The number of hydrogen-bond acceptors (Lipinski definition) is 7. The van der Waals surface area contributed by atoms with E-state index in [0.29, 0.717) is 5.75 Å². The molecule has 0 unspecified atom stereocenters. The SMILES string of the molecule is COc1ccccc1O[C@@H]1O[C@H](C(=O)O)[C@@H](O)[C@H](O)[C@H]1O. The fourth-order valence-corrected chi connectivity index (χ4v) is 1.99. The highest BCUT2D eigenvalue weighted by atomic mass is 16.7. The Bertz CT molecular complexity index is 505. The van der Waals surface area contributed by atoms with Crippen molar-refractivity contribution in [1.29, 1.82) is 0 Å². The van der Waals surface area contributed by atoms with Crippen molar-refractivity contribution >= 4 is 5.97 Å². The van der Waals surface area contributed by atoms with Crippen LogP contribution in [0.3, 0.4) is 0 Å². The first-order valence-electron chi connectivity index (χ1n) is 6.18. The Hall–Kier alpha value is -1.87. The third-order valence-electron chi connectivity index (χ3n) is 3.13. The second-order valence-electron chi connectivity index (χ2n) is 4.50. The number of hydrogen-bond donors (Lipinski definition) is 4. The smallest absolute Gasteiger partial charge is 0.335 e. The van der Waals surface area contributed by atoms with Gasteiger partial charge in [-0.05, 0) is 12.1 Å². The van der Waals surface area contributed by atoms with Crippen LogP contribution in [0.2, 0.25) is 0 Å². The predicted octanol–water partition coefficient (Wildman–Crippen LogP) is -1.03. The molecule has 5 atom stereocenters. The molecule has 1 fully saturated rings. The Morgan fingerprint density at radius 3 is 2.29 bits per heavy atom. The van der Waals surface area contributed by atoms with Gasteiger partial charge in [-0.1, -0.05) is 12.1 Å². The molecule has 0 aliphatic carbocycles. The summed E-state index contributed by atoms with van der Waals surface area (Å²) in [5.41, 5.74) is 0. The number of aliphatic carboxylic acids is 1. The van der Waals surface area contributed by atoms with E-state index in [4.69, 9.17) is 19.3 Å². The number of carboxylic acids is 1. The van der Waals surface area contributed by atoms with Crippen molar-refractivity contribution in [3.63, 3.8) is 0 Å². The molecule has 1 heterocycles. The fraction of sp³-hybridized carbons (Fsp3) is 0.462. The van der Waals surface area contributed by atoms with Crippen LogP contribution in [0, 0.1) is 0 Å². The summed E-state index contributed by atoms with van der Waals surface area (Å²) >= 11 is 0. The Morgan fingerprint density at radius 1 is 1.10 bits per heavy atom. The molecule has 0 radical (unpaired) electrons. The van der Waals surface area contributed by atoms with Gasteiger partial charge in [0.2, 0.25) is 6.29 Å². The highest BCUT2D eigenvalue weighted by Gasteiger charge is 2.48. The molecule has 0 aromatic heterocycles. The summed E-state index contributed by atoms with van der Waals surface area (Å²) in [6.07, 6.45) is -8.24. The van der Waals surface area contributed by atoms with Crippen molar-refractivity contribution in [3.8, 4) is 11.5 Å². The monoisotopic (exact) mass is 300 g/mol. The minimum Gasteiger partial charge on any atom is -0.493 e. The zero-order valence-electron chi connectivity index (χ0n) is 11.1. The van der Waals surface area contributed by atoms with E-state index in [-0.39, 0.29) is 5.75 Å². The minimum absolute atomic E-state index is 0.205. The van der Waals surface area contributed by atoms with Crippen LogP contribution in [0.25, 0.3) is 0 Å². The van der Waals surface area contributed by atoms with Crippen molar-refractivity contribution in [2.24, 2.45) is 0 Å². The normalized spacial score (nSPS) is 32.5. The second kappa shape index (κ2) is 6.27. The third-order valence-corrected chi connectivity index (χ3v) is 3.13. The number of ether oxygens (including phenoxy) is 3. The molecule has 1 aromatic rings. The number of methoxy groups -OCH3 is 1. The lowest BCUT2D eigenvalue weighted by molar-refractivity contribution is -0.271. The van der Waals surface area contributed by atoms with Crippen molar-refractivity contribution in [3.05, 3.63) is 24.3 Å². The fourth-order valence-electron chi connectivity index (χ4n) is 1.99. The van der Waals surface area contributed by atoms with Gasteiger partial charge in [-0.2, -0.15) is 0 Å². The van der Waals surface area contributed by atoms with Gasteiger partial charge in [0.15, 0.2) is 17.6 Å². The molecule has 1 aliphatic rings. The van der Waals surface area contributed by atoms with Crippen molar-refractivity contribution in [2.45, 2.75) is 30.7 Å². The van der Waals surface area contributed by atoms with E-state index in [2.05, 4.69) is 0 Å². The minimum atomic E-state index is -1.75. The van der Waals surface area contributed by atoms with Crippen LogP contribution >= 0.6 is 0 Å². The molecule has 0 spiro atoms. The van der Waals surface area contributed by atoms with E-state index in [1.165, 1.54) is 13.2 Å². The Balaban J connectivity index is 2.20. The average molecular weight is 300 g/mol. The van der Waals surface area contributed by atoms with Crippen LogP contribution in [-0.2, 0) is 9.53 Å². The van der Waals surface area contributed by atoms with E-state index in [0.717, 1.165) is 0 Å². The Labute approximate surface area is 120 Å². The molecule has 0 saturated carbocycles. The van der Waals surface area contributed by atoms with Crippen LogP contribution in [0.4, 0.5) is 0 Å². The zero-order valence-corrected chi connectivity index (χ0v) is 11.1. The largest absolute Gasteiger partial charge is 0.493 e. The topological polar surface area (TPSA) is 126 Å². The van der Waals surface area contributed by atoms with E-state index < -0.39 is 36.7 Å². The lowest BCUT2D eigenvalue weighted by Gasteiger charge is -2.38. The van der Waals surface area contributed by atoms with Crippen LogP contribution in [0.15, 0.2) is 24.3 Å². The van der Waals surface area contributed by atoms with Gasteiger partial charge in [-0.15, -0.1) is 0 Å². The zero-order chi connectivity index (χ0) is 15.6. The standard InChI is InChI=1S/C13H16O8/c1-19-6-4-2-3-5-7(6)20-13-10(16)8(14)9(15)11(21-13)12(17)18/h2-5,8-11,13-16H,1H3,(H,17,18)/t8-,9-,10+,11-,13+/m0/s1. The summed E-state index contributed by atoms with van der Waals surface area (Å²) in [5.74, 6) is -0.917. The highest BCUT2D eigenvalue weighted by Crippen LogP contribution is 2.30. The molecule has 4 N–H and O–H groups in total. The summed E-state index contributed by atoms with van der Waals surface area (Å²) in [6.45, 7) is 0. The number of carbonyl (C=O) groups is 1. The second-order valence-corrected chi connectivity index (χ2v) is 4.50. The quantitative estimate of drug-likeness (QED) is 0.556. The van der Waals surface area contributed by atoms with Crippen LogP contribution in [-0.4, -0.2) is 64.2 Å². The molecule has 8 nitrogen and oxygen atoms in total. The molecule has 1 aliphatic heterocycles. The number of aliphatic hydroxyl groups excluding tert-OH is 3. The number of para-hydroxylation sites is 2. The lowest BCUT2D eigenvalue weighted by atomic mass is 9.99. The number of rotatable bonds is 4. The molecular formula is C13H16O8. The van der Waals surface area contributed by atoms with Gasteiger partial charge in [-0.25, -0.2) is 4.79 Å². The molecule has 21 heavy (non-hydrogen) atoms. The summed E-state index contributed by atoms with van der Waals surface area (Å²) in [5, 5.41) is 38.0. The van der Waals surface area contributed by atoms with E-state index in [9.17, 15) is 20.1 Å². The molecule has 2 rings (SSSR count). The van der Waals surface area contributed by atoms with Gasteiger partial charge in [0, 0.05) is 0 Å². The maximum absolute atomic E-state index is 11.0. The average Bonchev–Trinajstić information content (AvgIpc) is 2.48. The first-order valence-corrected chi connectivity index (χ1v) is 6.18.